The summed E-state index contributed by atoms with van der Waals surface area (Å²) in [5, 5.41) is 3.02. The average molecular weight is 249 g/mol. The van der Waals surface area contributed by atoms with Gasteiger partial charge in [-0.3, -0.25) is 0 Å². The molecule has 2 rings (SSSR count). The minimum atomic E-state index is 0.702. The molecule has 5 heteroatoms. The van der Waals surface area contributed by atoms with E-state index in [9.17, 15) is 0 Å². The molecule has 0 atom stereocenters. The van der Waals surface area contributed by atoms with Crippen molar-refractivity contribution in [3.8, 4) is 0 Å². The summed E-state index contributed by atoms with van der Waals surface area (Å²) in [6.07, 6.45) is 2.40. The first kappa shape index (κ1) is 13.1. The Morgan fingerprint density at radius 2 is 1.94 bits per heavy atom. The molecule has 0 spiro atoms. The molecule has 1 aromatic rings. The lowest BCUT2D eigenvalue weighted by Gasteiger charge is -2.35. The molecule has 1 aromatic heterocycles. The first-order chi connectivity index (χ1) is 8.60. The highest BCUT2D eigenvalue weighted by Gasteiger charge is 2.21. The molecule has 1 aliphatic heterocycles. The monoisotopic (exact) mass is 249 g/mol. The second kappa shape index (κ2) is 5.52. The highest BCUT2D eigenvalue weighted by Crippen LogP contribution is 2.21. The topological polar surface area (TPSA) is 44.3 Å². The molecule has 0 unspecified atom stereocenters. The van der Waals surface area contributed by atoms with E-state index in [2.05, 4.69) is 45.2 Å². The zero-order valence-electron chi connectivity index (χ0n) is 11.8. The van der Waals surface area contributed by atoms with Gasteiger partial charge in [0, 0.05) is 37.9 Å². The van der Waals surface area contributed by atoms with Gasteiger partial charge in [0.1, 0.15) is 5.82 Å². The number of aromatic nitrogens is 2. The molecule has 0 aliphatic carbocycles. The van der Waals surface area contributed by atoms with Crippen molar-refractivity contribution in [2.45, 2.75) is 25.8 Å². The zero-order chi connectivity index (χ0) is 13.1. The van der Waals surface area contributed by atoms with Crippen LogP contribution >= 0.6 is 0 Å². The lowest BCUT2D eigenvalue weighted by molar-refractivity contribution is 0.249. The van der Waals surface area contributed by atoms with Crippen LogP contribution in [0.3, 0.4) is 0 Å². The molecular formula is C13H23N5. The minimum Gasteiger partial charge on any atom is -0.357 e. The predicted molar refractivity (Wildman–Crippen MR) is 75.2 cm³/mol. The molecule has 0 bridgehead atoms. The van der Waals surface area contributed by atoms with Crippen LogP contribution in [0.4, 0.5) is 11.8 Å². The third-order valence-electron chi connectivity index (χ3n) is 3.58. The summed E-state index contributed by atoms with van der Waals surface area (Å²) in [7, 11) is 6.18. The maximum Gasteiger partial charge on any atom is 0.224 e. The Kier molecular flexibility index (Phi) is 4.01. The number of rotatable bonds is 3. The van der Waals surface area contributed by atoms with Gasteiger partial charge in [0.05, 0.1) is 0 Å². The first-order valence-electron chi connectivity index (χ1n) is 6.55. The summed E-state index contributed by atoms with van der Waals surface area (Å²) in [6, 6.07) is 2.77. The number of hydrogen-bond acceptors (Lipinski definition) is 5. The fourth-order valence-electron chi connectivity index (χ4n) is 2.44. The molecule has 1 N–H and O–H groups in total. The van der Waals surface area contributed by atoms with Crippen molar-refractivity contribution in [2.24, 2.45) is 0 Å². The SMILES string of the molecule is CNc1nc(C)cc(N2CCC(N(C)C)CC2)n1. The molecule has 100 valence electrons. The maximum absolute atomic E-state index is 4.54. The molecule has 2 heterocycles. The lowest BCUT2D eigenvalue weighted by atomic mass is 10.0. The van der Waals surface area contributed by atoms with Crippen LogP contribution in [0.1, 0.15) is 18.5 Å². The van der Waals surface area contributed by atoms with Gasteiger partial charge in [-0.15, -0.1) is 0 Å². The highest BCUT2D eigenvalue weighted by atomic mass is 15.2. The van der Waals surface area contributed by atoms with Gasteiger partial charge in [0.25, 0.3) is 0 Å². The van der Waals surface area contributed by atoms with Gasteiger partial charge in [-0.25, -0.2) is 4.98 Å². The van der Waals surface area contributed by atoms with E-state index in [1.54, 1.807) is 0 Å². The van der Waals surface area contributed by atoms with E-state index in [4.69, 9.17) is 0 Å². The van der Waals surface area contributed by atoms with Crippen molar-refractivity contribution in [3.63, 3.8) is 0 Å². The van der Waals surface area contributed by atoms with Crippen molar-refractivity contribution < 1.29 is 0 Å². The van der Waals surface area contributed by atoms with Crippen LogP contribution < -0.4 is 10.2 Å². The van der Waals surface area contributed by atoms with E-state index in [1.807, 2.05) is 14.0 Å². The number of piperidine rings is 1. The van der Waals surface area contributed by atoms with E-state index in [-0.39, 0.29) is 0 Å². The third kappa shape index (κ3) is 2.90. The number of anilines is 2. The molecular weight excluding hydrogens is 226 g/mol. The summed E-state index contributed by atoms with van der Waals surface area (Å²) >= 11 is 0. The van der Waals surface area contributed by atoms with Gasteiger partial charge >= 0.3 is 0 Å². The molecule has 5 nitrogen and oxygen atoms in total. The number of nitrogens with one attached hydrogen (secondary N) is 1. The van der Waals surface area contributed by atoms with Crippen LogP contribution in [0.25, 0.3) is 0 Å². The van der Waals surface area contributed by atoms with E-state index in [0.717, 1.165) is 24.6 Å². The highest BCUT2D eigenvalue weighted by molar-refractivity contribution is 5.44. The summed E-state index contributed by atoms with van der Waals surface area (Å²) in [6.45, 7) is 4.16. The van der Waals surface area contributed by atoms with E-state index in [1.165, 1.54) is 12.8 Å². The van der Waals surface area contributed by atoms with Gasteiger partial charge in [-0.05, 0) is 33.9 Å². The van der Waals surface area contributed by atoms with Gasteiger partial charge < -0.3 is 15.1 Å². The minimum absolute atomic E-state index is 0.702. The summed E-state index contributed by atoms with van der Waals surface area (Å²) < 4.78 is 0. The first-order valence-corrected chi connectivity index (χ1v) is 6.55. The van der Waals surface area contributed by atoms with Crippen molar-refractivity contribution in [1.82, 2.24) is 14.9 Å². The molecule has 1 saturated heterocycles. The summed E-state index contributed by atoms with van der Waals surface area (Å²) in [4.78, 5) is 13.5. The van der Waals surface area contributed by atoms with Crippen LogP contribution in [0.15, 0.2) is 6.07 Å². The van der Waals surface area contributed by atoms with Crippen molar-refractivity contribution in [3.05, 3.63) is 11.8 Å². The van der Waals surface area contributed by atoms with E-state index < -0.39 is 0 Å². The van der Waals surface area contributed by atoms with Gasteiger partial charge in [-0.1, -0.05) is 0 Å². The molecule has 0 aromatic carbocycles. The van der Waals surface area contributed by atoms with Crippen LogP contribution in [0.5, 0.6) is 0 Å². The molecule has 0 saturated carbocycles. The maximum atomic E-state index is 4.54. The Morgan fingerprint density at radius 1 is 1.28 bits per heavy atom. The largest absolute Gasteiger partial charge is 0.357 e. The smallest absolute Gasteiger partial charge is 0.224 e. The number of hydrogen-bond donors (Lipinski definition) is 1. The van der Waals surface area contributed by atoms with Crippen LogP contribution in [-0.4, -0.2) is 55.1 Å². The lowest BCUT2D eigenvalue weighted by Crippen LogP contribution is -2.42. The number of aryl methyl sites for hydroxylation is 1. The van der Waals surface area contributed by atoms with Gasteiger partial charge in [-0.2, -0.15) is 4.98 Å². The standard InChI is InChI=1S/C13H23N5/c1-10-9-12(16-13(14-2)15-10)18-7-5-11(6-8-18)17(3)4/h9,11H,5-8H2,1-4H3,(H,14,15,16). The van der Waals surface area contributed by atoms with Crippen LogP contribution in [0, 0.1) is 6.92 Å². The normalized spacial score (nSPS) is 17.3. The predicted octanol–water partition coefficient (Wildman–Crippen LogP) is 1.36. The van der Waals surface area contributed by atoms with Crippen molar-refractivity contribution >= 4 is 11.8 Å². The van der Waals surface area contributed by atoms with Crippen LogP contribution in [0.2, 0.25) is 0 Å². The zero-order valence-corrected chi connectivity index (χ0v) is 11.8. The summed E-state index contributed by atoms with van der Waals surface area (Å²) in [5.41, 5.74) is 1.01. The van der Waals surface area contributed by atoms with Gasteiger partial charge in [0.15, 0.2) is 0 Å². The Morgan fingerprint density at radius 3 is 2.50 bits per heavy atom. The molecule has 18 heavy (non-hydrogen) atoms. The molecule has 1 fully saturated rings. The van der Waals surface area contributed by atoms with Gasteiger partial charge in [0.2, 0.25) is 5.95 Å². The second-order valence-electron chi connectivity index (χ2n) is 5.12. The van der Waals surface area contributed by atoms with Crippen LogP contribution in [-0.2, 0) is 0 Å². The van der Waals surface area contributed by atoms with Crippen molar-refractivity contribution in [1.29, 1.82) is 0 Å². The Balaban J connectivity index is 2.07. The Bertz CT molecular complexity index is 396. The molecule has 1 aliphatic rings. The van der Waals surface area contributed by atoms with E-state index in [0.29, 0.717) is 12.0 Å². The third-order valence-corrected chi connectivity index (χ3v) is 3.58. The average Bonchev–Trinajstić information content (AvgIpc) is 2.38. The Labute approximate surface area is 109 Å². The second-order valence-corrected chi connectivity index (χ2v) is 5.12. The number of nitrogens with zero attached hydrogens (tertiary/aromatic N) is 4. The fraction of sp³-hybridized carbons (Fsp3) is 0.692. The Hall–Kier alpha value is -1.36. The summed E-state index contributed by atoms with van der Waals surface area (Å²) in [5.74, 6) is 1.75. The fourth-order valence-corrected chi connectivity index (χ4v) is 2.44. The molecule has 0 radical (unpaired) electrons. The van der Waals surface area contributed by atoms with Crippen molar-refractivity contribution in [2.75, 3.05) is 44.4 Å². The molecule has 0 amide bonds. The quantitative estimate of drug-likeness (QED) is 0.876. The van der Waals surface area contributed by atoms with E-state index >= 15 is 0 Å².